The Kier molecular flexibility index (Phi) is 5.66. The lowest BCUT2D eigenvalue weighted by molar-refractivity contribution is 0.102. The Morgan fingerprint density at radius 1 is 1.00 bits per heavy atom. The molecule has 0 atom stereocenters. The minimum Gasteiger partial charge on any atom is -0.378 e. The molecule has 27 heavy (non-hydrogen) atoms. The predicted molar refractivity (Wildman–Crippen MR) is 109 cm³/mol. The fourth-order valence-electron chi connectivity index (χ4n) is 2.51. The van der Waals surface area contributed by atoms with Gasteiger partial charge in [0.2, 0.25) is 0 Å². The van der Waals surface area contributed by atoms with Gasteiger partial charge in [-0.25, -0.2) is 9.97 Å². The number of benzene rings is 2. The van der Waals surface area contributed by atoms with Crippen LogP contribution in [-0.4, -0.2) is 30.0 Å². The maximum Gasteiger partial charge on any atom is 0.274 e. The van der Waals surface area contributed by atoms with E-state index in [0.717, 1.165) is 16.9 Å². The second-order valence-corrected chi connectivity index (χ2v) is 6.52. The van der Waals surface area contributed by atoms with Crippen molar-refractivity contribution in [3.63, 3.8) is 0 Å². The van der Waals surface area contributed by atoms with Crippen molar-refractivity contribution >= 4 is 23.1 Å². The number of aryl methyl sites for hydroxylation is 1. The molecule has 6 heteroatoms. The number of nitrogens with zero attached hydrogens (tertiary/aromatic N) is 3. The molecule has 0 aliphatic carbocycles. The highest BCUT2D eigenvalue weighted by molar-refractivity contribution is 6.03. The van der Waals surface area contributed by atoms with Crippen LogP contribution in [0.25, 0.3) is 0 Å². The molecule has 1 amide bonds. The molecule has 1 heterocycles. The molecule has 0 aliphatic rings. The van der Waals surface area contributed by atoms with Gasteiger partial charge in [0.25, 0.3) is 5.91 Å². The first kappa shape index (κ1) is 18.4. The van der Waals surface area contributed by atoms with E-state index in [0.29, 0.717) is 18.1 Å². The molecular weight excluding hydrogens is 338 g/mol. The standard InChI is InChI=1S/C21H23N5O/c1-15-4-6-16(7-5-15)13-22-20-12-19(23-14-24-20)21(27)25-17-8-10-18(11-9-17)26(2)3/h4-12,14H,13H2,1-3H3,(H,25,27)(H,22,23,24). The number of anilines is 3. The van der Waals surface area contributed by atoms with Gasteiger partial charge in [0, 0.05) is 38.1 Å². The highest BCUT2D eigenvalue weighted by Crippen LogP contribution is 2.16. The van der Waals surface area contributed by atoms with Gasteiger partial charge in [-0.1, -0.05) is 29.8 Å². The zero-order valence-electron chi connectivity index (χ0n) is 15.7. The van der Waals surface area contributed by atoms with Gasteiger partial charge in [-0.15, -0.1) is 0 Å². The van der Waals surface area contributed by atoms with Crippen molar-refractivity contribution in [2.75, 3.05) is 29.6 Å². The van der Waals surface area contributed by atoms with Crippen LogP contribution >= 0.6 is 0 Å². The molecule has 3 aromatic rings. The van der Waals surface area contributed by atoms with Crippen molar-refractivity contribution in [2.45, 2.75) is 13.5 Å². The first-order valence-electron chi connectivity index (χ1n) is 8.71. The Morgan fingerprint density at radius 2 is 1.70 bits per heavy atom. The van der Waals surface area contributed by atoms with E-state index in [1.807, 2.05) is 43.3 Å². The number of hydrogen-bond acceptors (Lipinski definition) is 5. The summed E-state index contributed by atoms with van der Waals surface area (Å²) in [6.45, 7) is 2.69. The summed E-state index contributed by atoms with van der Waals surface area (Å²) in [6, 6.07) is 17.5. The number of nitrogens with one attached hydrogen (secondary N) is 2. The number of aromatic nitrogens is 2. The SMILES string of the molecule is Cc1ccc(CNc2cc(C(=O)Nc3ccc(N(C)C)cc3)ncn2)cc1. The molecule has 3 rings (SSSR count). The molecule has 0 aliphatic heterocycles. The third kappa shape index (κ3) is 5.04. The maximum atomic E-state index is 12.5. The van der Waals surface area contributed by atoms with Crippen molar-refractivity contribution in [3.8, 4) is 0 Å². The van der Waals surface area contributed by atoms with Gasteiger partial charge in [0.15, 0.2) is 0 Å². The Hall–Kier alpha value is -3.41. The topological polar surface area (TPSA) is 70.2 Å². The van der Waals surface area contributed by atoms with Crippen LogP contribution in [0.5, 0.6) is 0 Å². The van der Waals surface area contributed by atoms with E-state index < -0.39 is 0 Å². The summed E-state index contributed by atoms with van der Waals surface area (Å²) < 4.78 is 0. The largest absolute Gasteiger partial charge is 0.378 e. The number of carbonyl (C=O) groups excluding carboxylic acids is 1. The Morgan fingerprint density at radius 3 is 2.37 bits per heavy atom. The Labute approximate surface area is 159 Å². The lowest BCUT2D eigenvalue weighted by atomic mass is 10.1. The molecule has 138 valence electrons. The van der Waals surface area contributed by atoms with Gasteiger partial charge in [-0.3, -0.25) is 4.79 Å². The fourth-order valence-corrected chi connectivity index (χ4v) is 2.51. The average Bonchev–Trinajstić information content (AvgIpc) is 2.68. The molecule has 0 spiro atoms. The molecule has 0 bridgehead atoms. The molecule has 0 saturated heterocycles. The van der Waals surface area contributed by atoms with Gasteiger partial charge < -0.3 is 15.5 Å². The third-order valence-corrected chi connectivity index (χ3v) is 4.14. The summed E-state index contributed by atoms with van der Waals surface area (Å²) in [7, 11) is 3.94. The predicted octanol–water partition coefficient (Wildman–Crippen LogP) is 3.72. The molecule has 0 radical (unpaired) electrons. The summed E-state index contributed by atoms with van der Waals surface area (Å²) >= 11 is 0. The van der Waals surface area contributed by atoms with Gasteiger partial charge in [-0.2, -0.15) is 0 Å². The normalized spacial score (nSPS) is 10.3. The Bertz CT molecular complexity index is 905. The third-order valence-electron chi connectivity index (χ3n) is 4.14. The molecular formula is C21H23N5O. The minimum absolute atomic E-state index is 0.270. The molecule has 6 nitrogen and oxygen atoms in total. The molecule has 1 aromatic heterocycles. The Balaban J connectivity index is 1.63. The maximum absolute atomic E-state index is 12.5. The van der Waals surface area contributed by atoms with E-state index in [4.69, 9.17) is 0 Å². The van der Waals surface area contributed by atoms with Crippen molar-refractivity contribution in [2.24, 2.45) is 0 Å². The monoisotopic (exact) mass is 361 g/mol. The highest BCUT2D eigenvalue weighted by atomic mass is 16.1. The number of carbonyl (C=O) groups is 1. The van der Waals surface area contributed by atoms with Crippen LogP contribution in [0.2, 0.25) is 0 Å². The second-order valence-electron chi connectivity index (χ2n) is 6.52. The molecule has 0 fully saturated rings. The lowest BCUT2D eigenvalue weighted by Gasteiger charge is -2.13. The van der Waals surface area contributed by atoms with Crippen molar-refractivity contribution < 1.29 is 4.79 Å². The molecule has 0 unspecified atom stereocenters. The van der Waals surface area contributed by atoms with Gasteiger partial charge in [-0.05, 0) is 36.8 Å². The van der Waals surface area contributed by atoms with E-state index in [1.54, 1.807) is 6.07 Å². The van der Waals surface area contributed by atoms with E-state index in [9.17, 15) is 4.79 Å². The quantitative estimate of drug-likeness (QED) is 0.700. The van der Waals surface area contributed by atoms with Gasteiger partial charge in [0.05, 0.1) is 0 Å². The van der Waals surface area contributed by atoms with E-state index >= 15 is 0 Å². The summed E-state index contributed by atoms with van der Waals surface area (Å²) in [5.74, 6) is 0.340. The van der Waals surface area contributed by atoms with E-state index in [-0.39, 0.29) is 5.91 Å². The zero-order chi connectivity index (χ0) is 19.2. The summed E-state index contributed by atoms with van der Waals surface area (Å²) in [5.41, 5.74) is 4.47. The summed E-state index contributed by atoms with van der Waals surface area (Å²) in [4.78, 5) is 22.7. The zero-order valence-corrected chi connectivity index (χ0v) is 15.7. The number of rotatable bonds is 6. The average molecular weight is 361 g/mol. The van der Waals surface area contributed by atoms with Crippen molar-refractivity contribution in [1.82, 2.24) is 9.97 Å². The van der Waals surface area contributed by atoms with Crippen molar-refractivity contribution in [3.05, 3.63) is 77.7 Å². The van der Waals surface area contributed by atoms with Gasteiger partial charge >= 0.3 is 0 Å². The first-order valence-corrected chi connectivity index (χ1v) is 8.71. The van der Waals surface area contributed by atoms with Crippen LogP contribution < -0.4 is 15.5 Å². The lowest BCUT2D eigenvalue weighted by Crippen LogP contribution is -2.15. The van der Waals surface area contributed by atoms with Crippen LogP contribution in [0.15, 0.2) is 60.9 Å². The van der Waals surface area contributed by atoms with Crippen LogP contribution in [0, 0.1) is 6.92 Å². The highest BCUT2D eigenvalue weighted by Gasteiger charge is 2.09. The second kappa shape index (κ2) is 8.31. The van der Waals surface area contributed by atoms with Crippen LogP contribution in [-0.2, 0) is 6.54 Å². The molecule has 2 aromatic carbocycles. The van der Waals surface area contributed by atoms with Crippen molar-refractivity contribution in [1.29, 1.82) is 0 Å². The fraction of sp³-hybridized carbons (Fsp3) is 0.190. The van der Waals surface area contributed by atoms with Gasteiger partial charge in [0.1, 0.15) is 17.8 Å². The van der Waals surface area contributed by atoms with E-state index in [1.165, 1.54) is 11.9 Å². The van der Waals surface area contributed by atoms with Crippen LogP contribution in [0.3, 0.4) is 0 Å². The first-order chi connectivity index (χ1) is 13.0. The smallest absolute Gasteiger partial charge is 0.274 e. The summed E-state index contributed by atoms with van der Waals surface area (Å²) in [6.07, 6.45) is 1.39. The van der Waals surface area contributed by atoms with E-state index in [2.05, 4.69) is 51.8 Å². The molecule has 2 N–H and O–H groups in total. The number of amides is 1. The van der Waals surface area contributed by atoms with Crippen LogP contribution in [0.1, 0.15) is 21.6 Å². The minimum atomic E-state index is -0.270. The summed E-state index contributed by atoms with van der Waals surface area (Å²) in [5, 5.41) is 6.08. The van der Waals surface area contributed by atoms with Crippen LogP contribution in [0.4, 0.5) is 17.2 Å². The number of hydrogen-bond donors (Lipinski definition) is 2. The molecule has 0 saturated carbocycles.